The molecule has 0 radical (unpaired) electrons. The number of hydrogen-bond donors (Lipinski definition) is 3. The molecule has 1 aromatic rings. The number of carbonyl (C=O) groups is 2. The van der Waals surface area contributed by atoms with E-state index in [1.165, 1.54) is 0 Å². The second kappa shape index (κ2) is 8.50. The third-order valence-electron chi connectivity index (χ3n) is 2.63. The third-order valence-corrected chi connectivity index (χ3v) is 2.63. The second-order valence-electron chi connectivity index (χ2n) is 4.15. The minimum Gasteiger partial charge on any atom is -0.366 e. The van der Waals surface area contributed by atoms with Crippen molar-refractivity contribution in [1.29, 1.82) is 0 Å². The lowest BCUT2D eigenvalue weighted by Gasteiger charge is -2.09. The zero-order valence-electron chi connectivity index (χ0n) is 11.2. The molecule has 0 aromatic heterocycles. The van der Waals surface area contributed by atoms with Gasteiger partial charge in [-0.2, -0.15) is 0 Å². The molecule has 0 spiro atoms. The van der Waals surface area contributed by atoms with E-state index in [1.54, 1.807) is 18.2 Å². The molecule has 2 amide bonds. The van der Waals surface area contributed by atoms with Crippen LogP contribution in [0.15, 0.2) is 18.2 Å². The number of hydrogen-bond acceptors (Lipinski definition) is 3. The number of primary amides is 1. The van der Waals surface area contributed by atoms with Crippen molar-refractivity contribution in [2.75, 3.05) is 18.9 Å². The van der Waals surface area contributed by atoms with E-state index >= 15 is 0 Å². The fraction of sp³-hybridized carbons (Fsp3) is 0.385. The van der Waals surface area contributed by atoms with Gasteiger partial charge in [-0.3, -0.25) is 9.59 Å². The van der Waals surface area contributed by atoms with Crippen LogP contribution in [0.4, 0.5) is 5.69 Å². The van der Waals surface area contributed by atoms with Gasteiger partial charge in [0.15, 0.2) is 0 Å². The first-order chi connectivity index (χ1) is 8.54. The Bertz CT molecular complexity index is 450. The first-order valence-electron chi connectivity index (χ1n) is 5.89. The Balaban J connectivity index is 0.00000324. The summed E-state index contributed by atoms with van der Waals surface area (Å²) >= 11 is 0. The highest BCUT2D eigenvalue weighted by Crippen LogP contribution is 2.17. The molecule has 0 saturated heterocycles. The van der Waals surface area contributed by atoms with Crippen LogP contribution in [0.2, 0.25) is 0 Å². The van der Waals surface area contributed by atoms with E-state index in [2.05, 4.69) is 10.6 Å². The topological polar surface area (TPSA) is 84.2 Å². The molecule has 0 aliphatic rings. The summed E-state index contributed by atoms with van der Waals surface area (Å²) in [7, 11) is 1.85. The van der Waals surface area contributed by atoms with Crippen LogP contribution in [0.25, 0.3) is 0 Å². The molecule has 0 atom stereocenters. The fourth-order valence-corrected chi connectivity index (χ4v) is 1.55. The molecule has 4 N–H and O–H groups in total. The molecule has 1 aromatic carbocycles. The molecule has 1 rings (SSSR count). The molecule has 0 fully saturated rings. The summed E-state index contributed by atoms with van der Waals surface area (Å²) in [6, 6.07) is 5.02. The van der Waals surface area contributed by atoms with E-state index in [4.69, 9.17) is 5.73 Å². The van der Waals surface area contributed by atoms with Gasteiger partial charge in [-0.05, 0) is 44.6 Å². The summed E-state index contributed by atoms with van der Waals surface area (Å²) in [6.45, 7) is 2.67. The highest BCUT2D eigenvalue weighted by atomic mass is 35.5. The third kappa shape index (κ3) is 5.72. The minimum absolute atomic E-state index is 0. The van der Waals surface area contributed by atoms with Gasteiger partial charge in [0.2, 0.25) is 11.8 Å². The number of carbonyl (C=O) groups excluding carboxylic acids is 2. The van der Waals surface area contributed by atoms with Crippen molar-refractivity contribution in [3.8, 4) is 0 Å². The van der Waals surface area contributed by atoms with Crippen molar-refractivity contribution < 1.29 is 9.59 Å². The lowest BCUT2D eigenvalue weighted by atomic mass is 10.1. The smallest absolute Gasteiger partial charge is 0.248 e. The second-order valence-corrected chi connectivity index (χ2v) is 4.15. The number of rotatable bonds is 6. The highest BCUT2D eigenvalue weighted by Gasteiger charge is 2.07. The molecular formula is C13H20ClN3O2. The van der Waals surface area contributed by atoms with Crippen molar-refractivity contribution in [3.05, 3.63) is 29.3 Å². The maximum absolute atomic E-state index is 11.7. The quantitative estimate of drug-likeness (QED) is 0.692. The number of nitrogens with one attached hydrogen (secondary N) is 2. The summed E-state index contributed by atoms with van der Waals surface area (Å²) in [5, 5.41) is 5.77. The Kier molecular flexibility index (Phi) is 7.79. The van der Waals surface area contributed by atoms with Gasteiger partial charge >= 0.3 is 0 Å². The van der Waals surface area contributed by atoms with Gasteiger partial charge in [0, 0.05) is 17.7 Å². The zero-order valence-corrected chi connectivity index (χ0v) is 12.0. The average Bonchev–Trinajstić information content (AvgIpc) is 2.32. The van der Waals surface area contributed by atoms with Gasteiger partial charge in [-0.25, -0.2) is 0 Å². The molecule has 0 aliphatic heterocycles. The van der Waals surface area contributed by atoms with Crippen molar-refractivity contribution in [2.24, 2.45) is 5.73 Å². The SMILES string of the molecule is CNCCCC(=O)Nc1cc(C(N)=O)ccc1C.Cl. The van der Waals surface area contributed by atoms with Crippen LogP contribution in [0.3, 0.4) is 0 Å². The number of aryl methyl sites for hydroxylation is 1. The molecule has 5 nitrogen and oxygen atoms in total. The highest BCUT2D eigenvalue weighted by molar-refractivity contribution is 5.96. The van der Waals surface area contributed by atoms with Crippen molar-refractivity contribution in [1.82, 2.24) is 5.32 Å². The maximum Gasteiger partial charge on any atom is 0.248 e. The van der Waals surface area contributed by atoms with Gasteiger partial charge in [0.1, 0.15) is 0 Å². The zero-order chi connectivity index (χ0) is 13.5. The predicted molar refractivity (Wildman–Crippen MR) is 78.7 cm³/mol. The summed E-state index contributed by atoms with van der Waals surface area (Å²) < 4.78 is 0. The first-order valence-corrected chi connectivity index (χ1v) is 5.89. The lowest BCUT2D eigenvalue weighted by molar-refractivity contribution is -0.116. The van der Waals surface area contributed by atoms with E-state index < -0.39 is 5.91 Å². The number of halogens is 1. The maximum atomic E-state index is 11.7. The van der Waals surface area contributed by atoms with Crippen LogP contribution in [0, 0.1) is 6.92 Å². The fourth-order valence-electron chi connectivity index (χ4n) is 1.55. The number of nitrogens with two attached hydrogens (primary N) is 1. The Morgan fingerprint density at radius 3 is 2.58 bits per heavy atom. The van der Waals surface area contributed by atoms with Gasteiger partial charge in [-0.15, -0.1) is 12.4 Å². The van der Waals surface area contributed by atoms with Crippen LogP contribution in [-0.2, 0) is 4.79 Å². The van der Waals surface area contributed by atoms with E-state index in [0.717, 1.165) is 18.5 Å². The first kappa shape index (κ1) is 17.4. The number of anilines is 1. The Morgan fingerprint density at radius 2 is 2.00 bits per heavy atom. The van der Waals surface area contributed by atoms with Crippen LogP contribution in [-0.4, -0.2) is 25.4 Å². The van der Waals surface area contributed by atoms with Gasteiger partial charge in [0.25, 0.3) is 0 Å². The minimum atomic E-state index is -0.499. The molecule has 0 bridgehead atoms. The molecule has 0 saturated carbocycles. The molecular weight excluding hydrogens is 266 g/mol. The summed E-state index contributed by atoms with van der Waals surface area (Å²) in [6.07, 6.45) is 1.22. The molecule has 19 heavy (non-hydrogen) atoms. The van der Waals surface area contributed by atoms with E-state index in [0.29, 0.717) is 17.7 Å². The van der Waals surface area contributed by atoms with Crippen molar-refractivity contribution in [3.63, 3.8) is 0 Å². The van der Waals surface area contributed by atoms with Crippen LogP contribution in [0.1, 0.15) is 28.8 Å². The van der Waals surface area contributed by atoms with Crippen LogP contribution < -0.4 is 16.4 Å². The van der Waals surface area contributed by atoms with Gasteiger partial charge in [-0.1, -0.05) is 6.07 Å². The standard InChI is InChI=1S/C13H19N3O2.ClH/c1-9-5-6-10(13(14)18)8-11(9)16-12(17)4-3-7-15-2;/h5-6,8,15H,3-4,7H2,1-2H3,(H2,14,18)(H,16,17);1H. The molecule has 6 heteroatoms. The number of benzene rings is 1. The largest absolute Gasteiger partial charge is 0.366 e. The van der Waals surface area contributed by atoms with Gasteiger partial charge in [0.05, 0.1) is 0 Å². The summed E-state index contributed by atoms with van der Waals surface area (Å²) in [5.41, 5.74) is 7.14. The Labute approximate surface area is 119 Å². The normalized spacial score (nSPS) is 9.58. The van der Waals surface area contributed by atoms with Crippen molar-refractivity contribution in [2.45, 2.75) is 19.8 Å². The summed E-state index contributed by atoms with van der Waals surface area (Å²) in [5.74, 6) is -0.560. The van der Waals surface area contributed by atoms with Crippen molar-refractivity contribution >= 4 is 29.9 Å². The molecule has 0 aliphatic carbocycles. The molecule has 106 valence electrons. The Hall–Kier alpha value is -1.59. The van der Waals surface area contributed by atoms with E-state index in [-0.39, 0.29) is 18.3 Å². The van der Waals surface area contributed by atoms with Crippen LogP contribution in [0.5, 0.6) is 0 Å². The Morgan fingerprint density at radius 1 is 1.32 bits per heavy atom. The van der Waals surface area contributed by atoms with E-state index in [9.17, 15) is 9.59 Å². The van der Waals surface area contributed by atoms with Gasteiger partial charge < -0.3 is 16.4 Å². The van der Waals surface area contributed by atoms with E-state index in [1.807, 2.05) is 14.0 Å². The molecule has 0 heterocycles. The summed E-state index contributed by atoms with van der Waals surface area (Å²) in [4.78, 5) is 22.7. The number of amides is 2. The monoisotopic (exact) mass is 285 g/mol. The molecule has 0 unspecified atom stereocenters. The lowest BCUT2D eigenvalue weighted by Crippen LogP contribution is -2.17. The van der Waals surface area contributed by atoms with Crippen LogP contribution >= 0.6 is 12.4 Å². The average molecular weight is 286 g/mol. The predicted octanol–water partition coefficient (Wildman–Crippen LogP) is 1.45.